The molecule has 1 aromatic rings. The van der Waals surface area contributed by atoms with Crippen LogP contribution in [0.15, 0.2) is 24.3 Å². The van der Waals surface area contributed by atoms with Gasteiger partial charge in [-0.2, -0.15) is 0 Å². The zero-order valence-corrected chi connectivity index (χ0v) is 15.4. The highest BCUT2D eigenvalue weighted by atomic mass is 16.5. The maximum Gasteiger partial charge on any atom is 0.223 e. The standard InChI is InChI=1S/C20H30N2O3/c1-3-12-21-20(24)17-10-13-22(14-11-17)19(23)9-6-15-25-18-8-5-4-7-16(18)2/h4-5,7-8,17H,3,6,9-15H2,1-2H3,(H,21,24). The Bertz CT molecular complexity index is 566. The van der Waals surface area contributed by atoms with Crippen molar-refractivity contribution in [2.24, 2.45) is 5.92 Å². The Kier molecular flexibility index (Phi) is 7.76. The summed E-state index contributed by atoms with van der Waals surface area (Å²) in [5.74, 6) is 1.25. The number of nitrogens with zero attached hydrogens (tertiary/aromatic N) is 1. The Morgan fingerprint density at radius 1 is 1.24 bits per heavy atom. The molecular formula is C20H30N2O3. The number of carbonyl (C=O) groups excluding carboxylic acids is 2. The van der Waals surface area contributed by atoms with Gasteiger partial charge in [0.05, 0.1) is 6.61 Å². The summed E-state index contributed by atoms with van der Waals surface area (Å²) in [5, 5.41) is 2.95. The van der Waals surface area contributed by atoms with Gasteiger partial charge in [0.25, 0.3) is 0 Å². The highest BCUT2D eigenvalue weighted by Gasteiger charge is 2.26. The number of piperidine rings is 1. The summed E-state index contributed by atoms with van der Waals surface area (Å²) < 4.78 is 5.74. The van der Waals surface area contributed by atoms with Crippen LogP contribution in [0.3, 0.4) is 0 Å². The maximum absolute atomic E-state index is 12.3. The Labute approximate surface area is 150 Å². The summed E-state index contributed by atoms with van der Waals surface area (Å²) in [6.45, 7) is 6.71. The first-order valence-corrected chi connectivity index (χ1v) is 9.35. The largest absolute Gasteiger partial charge is 0.493 e. The zero-order valence-electron chi connectivity index (χ0n) is 15.4. The summed E-state index contributed by atoms with van der Waals surface area (Å²) in [7, 11) is 0. The van der Waals surface area contributed by atoms with Crippen molar-refractivity contribution >= 4 is 11.8 Å². The van der Waals surface area contributed by atoms with Crippen molar-refractivity contribution in [2.45, 2.75) is 46.0 Å². The number of nitrogens with one attached hydrogen (secondary N) is 1. The van der Waals surface area contributed by atoms with Gasteiger partial charge in [0.2, 0.25) is 11.8 Å². The topological polar surface area (TPSA) is 58.6 Å². The van der Waals surface area contributed by atoms with Crippen molar-refractivity contribution in [3.63, 3.8) is 0 Å². The number of amides is 2. The third-order valence-electron chi connectivity index (χ3n) is 4.65. The molecule has 5 heteroatoms. The van der Waals surface area contributed by atoms with Gasteiger partial charge in [-0.1, -0.05) is 25.1 Å². The van der Waals surface area contributed by atoms with E-state index in [1.54, 1.807) is 0 Å². The smallest absolute Gasteiger partial charge is 0.223 e. The van der Waals surface area contributed by atoms with Crippen LogP contribution in [0, 0.1) is 12.8 Å². The highest BCUT2D eigenvalue weighted by molar-refractivity contribution is 5.80. The molecule has 5 nitrogen and oxygen atoms in total. The van der Waals surface area contributed by atoms with Gasteiger partial charge in [0.15, 0.2) is 0 Å². The Morgan fingerprint density at radius 2 is 1.96 bits per heavy atom. The minimum Gasteiger partial charge on any atom is -0.493 e. The lowest BCUT2D eigenvalue weighted by atomic mass is 9.95. The number of rotatable bonds is 8. The van der Waals surface area contributed by atoms with E-state index in [2.05, 4.69) is 5.32 Å². The average molecular weight is 346 g/mol. The van der Waals surface area contributed by atoms with Crippen LogP contribution in [0.25, 0.3) is 0 Å². The predicted molar refractivity (Wildman–Crippen MR) is 98.5 cm³/mol. The quantitative estimate of drug-likeness (QED) is 0.736. The summed E-state index contributed by atoms with van der Waals surface area (Å²) in [6.07, 6.45) is 3.69. The van der Waals surface area contributed by atoms with E-state index in [0.717, 1.165) is 37.1 Å². The molecule has 2 rings (SSSR count). The average Bonchev–Trinajstić information content (AvgIpc) is 2.64. The zero-order chi connectivity index (χ0) is 18.1. The molecule has 1 aromatic carbocycles. The van der Waals surface area contributed by atoms with Crippen molar-refractivity contribution < 1.29 is 14.3 Å². The number of hydrogen-bond donors (Lipinski definition) is 1. The molecule has 0 unspecified atom stereocenters. The van der Waals surface area contributed by atoms with Crippen LogP contribution in [-0.2, 0) is 9.59 Å². The van der Waals surface area contributed by atoms with Crippen LogP contribution >= 0.6 is 0 Å². The molecule has 1 N–H and O–H groups in total. The van der Waals surface area contributed by atoms with Crippen LogP contribution in [0.4, 0.5) is 0 Å². The number of carbonyl (C=O) groups is 2. The molecule has 25 heavy (non-hydrogen) atoms. The lowest BCUT2D eigenvalue weighted by molar-refractivity contribution is -0.135. The van der Waals surface area contributed by atoms with E-state index in [-0.39, 0.29) is 17.7 Å². The highest BCUT2D eigenvalue weighted by Crippen LogP contribution is 2.19. The van der Waals surface area contributed by atoms with Crippen LogP contribution in [0.2, 0.25) is 0 Å². The first-order chi connectivity index (χ1) is 12.1. The molecule has 0 bridgehead atoms. The molecule has 0 aromatic heterocycles. The van der Waals surface area contributed by atoms with Crippen molar-refractivity contribution in [3.05, 3.63) is 29.8 Å². The first-order valence-electron chi connectivity index (χ1n) is 9.35. The lowest BCUT2D eigenvalue weighted by Crippen LogP contribution is -2.43. The molecule has 0 atom stereocenters. The van der Waals surface area contributed by atoms with Gasteiger partial charge in [-0.3, -0.25) is 9.59 Å². The molecule has 138 valence electrons. The van der Waals surface area contributed by atoms with E-state index < -0.39 is 0 Å². The number of benzene rings is 1. The second-order valence-corrected chi connectivity index (χ2v) is 6.66. The monoisotopic (exact) mass is 346 g/mol. The van der Waals surface area contributed by atoms with Crippen molar-refractivity contribution in [1.29, 1.82) is 0 Å². The Morgan fingerprint density at radius 3 is 2.64 bits per heavy atom. The second-order valence-electron chi connectivity index (χ2n) is 6.66. The van der Waals surface area contributed by atoms with E-state index in [9.17, 15) is 9.59 Å². The fourth-order valence-corrected chi connectivity index (χ4v) is 3.07. The Balaban J connectivity index is 1.64. The molecule has 0 saturated carbocycles. The number of ether oxygens (including phenoxy) is 1. The van der Waals surface area contributed by atoms with Crippen LogP contribution in [0.1, 0.15) is 44.6 Å². The van der Waals surface area contributed by atoms with Crippen molar-refractivity contribution in [1.82, 2.24) is 10.2 Å². The number of aryl methyl sites for hydroxylation is 1. The van der Waals surface area contributed by atoms with E-state index >= 15 is 0 Å². The van der Waals surface area contributed by atoms with Gasteiger partial charge in [0.1, 0.15) is 5.75 Å². The maximum atomic E-state index is 12.3. The minimum absolute atomic E-state index is 0.0555. The van der Waals surface area contributed by atoms with Crippen LogP contribution in [-0.4, -0.2) is 43.0 Å². The summed E-state index contributed by atoms with van der Waals surface area (Å²) in [5.41, 5.74) is 1.11. The van der Waals surface area contributed by atoms with Crippen molar-refractivity contribution in [3.8, 4) is 5.75 Å². The molecular weight excluding hydrogens is 316 g/mol. The first kappa shape index (κ1) is 19.3. The van der Waals surface area contributed by atoms with E-state index in [1.165, 1.54) is 0 Å². The number of hydrogen-bond acceptors (Lipinski definition) is 3. The molecule has 1 heterocycles. The SMILES string of the molecule is CCCNC(=O)C1CCN(C(=O)CCCOc2ccccc2C)CC1. The summed E-state index contributed by atoms with van der Waals surface area (Å²) >= 11 is 0. The van der Waals surface area contributed by atoms with Gasteiger partial charge in [-0.05, 0) is 44.2 Å². The second kappa shape index (κ2) is 10.1. The summed E-state index contributed by atoms with van der Waals surface area (Å²) in [6, 6.07) is 7.90. The van der Waals surface area contributed by atoms with E-state index in [1.807, 2.05) is 43.0 Å². The van der Waals surface area contributed by atoms with Gasteiger partial charge in [0, 0.05) is 32.0 Å². The minimum atomic E-state index is 0.0555. The fraction of sp³-hybridized carbons (Fsp3) is 0.600. The third kappa shape index (κ3) is 6.07. The number of para-hydroxylation sites is 1. The van der Waals surface area contributed by atoms with Crippen molar-refractivity contribution in [2.75, 3.05) is 26.2 Å². The third-order valence-corrected chi connectivity index (χ3v) is 4.65. The fourth-order valence-electron chi connectivity index (χ4n) is 3.07. The van der Waals surface area contributed by atoms with Crippen LogP contribution in [0.5, 0.6) is 5.75 Å². The molecule has 1 saturated heterocycles. The summed E-state index contributed by atoms with van der Waals surface area (Å²) in [4.78, 5) is 26.2. The molecule has 0 aliphatic carbocycles. The molecule has 0 spiro atoms. The van der Waals surface area contributed by atoms with Gasteiger partial charge in [-0.25, -0.2) is 0 Å². The lowest BCUT2D eigenvalue weighted by Gasteiger charge is -2.31. The Hall–Kier alpha value is -2.04. The predicted octanol–water partition coefficient (Wildman–Crippen LogP) is 2.92. The molecule has 1 aliphatic rings. The number of likely N-dealkylation sites (tertiary alicyclic amines) is 1. The molecule has 0 radical (unpaired) electrons. The van der Waals surface area contributed by atoms with E-state index in [4.69, 9.17) is 4.74 Å². The molecule has 1 fully saturated rings. The normalized spacial score (nSPS) is 15.0. The van der Waals surface area contributed by atoms with Crippen LogP contribution < -0.4 is 10.1 Å². The van der Waals surface area contributed by atoms with Gasteiger partial charge in [-0.15, -0.1) is 0 Å². The van der Waals surface area contributed by atoms with Gasteiger partial charge < -0.3 is 15.0 Å². The molecule has 2 amide bonds. The molecule has 1 aliphatic heterocycles. The van der Waals surface area contributed by atoms with E-state index in [0.29, 0.717) is 32.5 Å². The van der Waals surface area contributed by atoms with Gasteiger partial charge >= 0.3 is 0 Å².